The summed E-state index contributed by atoms with van der Waals surface area (Å²) in [6.07, 6.45) is -3.04. The molecule has 36 heavy (non-hydrogen) atoms. The van der Waals surface area contributed by atoms with Gasteiger partial charge in [-0.15, -0.1) is 0 Å². The zero-order valence-electron chi connectivity index (χ0n) is 18.9. The number of imidazole rings is 1. The van der Waals surface area contributed by atoms with Crippen LogP contribution in [0.25, 0.3) is 11.2 Å². The Morgan fingerprint density at radius 3 is 2.14 bits per heavy atom. The topological polar surface area (TPSA) is 152 Å². The van der Waals surface area contributed by atoms with Crippen LogP contribution in [-0.2, 0) is 4.74 Å². The van der Waals surface area contributed by atoms with Crippen LogP contribution in [-0.4, -0.2) is 66.3 Å². The van der Waals surface area contributed by atoms with E-state index >= 15 is 0 Å². The number of halogens is 2. The minimum atomic E-state index is -1.29. The summed E-state index contributed by atoms with van der Waals surface area (Å²) in [5.74, 6) is 0.317. The summed E-state index contributed by atoms with van der Waals surface area (Å²) in [5.41, 5.74) is 8.79. The van der Waals surface area contributed by atoms with E-state index in [2.05, 4.69) is 20.3 Å². The average Bonchev–Trinajstić information content (AvgIpc) is 3.41. The Kier molecular flexibility index (Phi) is 6.98. The molecule has 5 rings (SSSR count). The Bertz CT molecular complexity index is 1310. The maximum Gasteiger partial charge on any atom is 0.224 e. The summed E-state index contributed by atoms with van der Waals surface area (Å²) in [6.45, 7) is -0.00238. The molecule has 1 aliphatic heterocycles. The number of aromatic nitrogens is 4. The predicted molar refractivity (Wildman–Crippen MR) is 136 cm³/mol. The van der Waals surface area contributed by atoms with Gasteiger partial charge >= 0.3 is 0 Å². The standard InChI is InChI=1S/C24H24Cl2N6O4/c25-14-5-1-12(2-6-14)16(13-3-7-15(26)8-4-13)9-28-21-18-22(31-24(27)30-21)32(11-29-18)23-20(35)19(34)17(10-33)36-23/h1-8,11,16-17,19-20,23,33-35H,9-10H2,(H3,27,28,30,31)/t17-,19?,20?,23-/m1/s1. The molecule has 4 atom stereocenters. The van der Waals surface area contributed by atoms with Crippen molar-refractivity contribution in [3.63, 3.8) is 0 Å². The first-order chi connectivity index (χ1) is 17.4. The number of rotatable bonds is 7. The lowest BCUT2D eigenvalue weighted by Gasteiger charge is -2.20. The Morgan fingerprint density at radius 2 is 1.58 bits per heavy atom. The summed E-state index contributed by atoms with van der Waals surface area (Å²) in [4.78, 5) is 13.0. The molecule has 12 heteroatoms. The van der Waals surface area contributed by atoms with Gasteiger partial charge in [0.15, 0.2) is 23.2 Å². The molecule has 3 heterocycles. The van der Waals surface area contributed by atoms with Gasteiger partial charge in [0, 0.05) is 22.5 Å². The van der Waals surface area contributed by atoms with Gasteiger partial charge in [-0.05, 0) is 35.4 Å². The minimum Gasteiger partial charge on any atom is -0.394 e. The fraction of sp³-hybridized carbons (Fsp3) is 0.292. The number of aliphatic hydroxyl groups is 3. The van der Waals surface area contributed by atoms with Crippen LogP contribution < -0.4 is 11.1 Å². The van der Waals surface area contributed by atoms with E-state index in [1.165, 1.54) is 10.9 Å². The molecule has 4 aromatic rings. The summed E-state index contributed by atoms with van der Waals surface area (Å²) in [5, 5.41) is 34.6. The first-order valence-electron chi connectivity index (χ1n) is 11.2. The molecule has 0 aliphatic carbocycles. The number of ether oxygens (including phenoxy) is 1. The van der Waals surface area contributed by atoms with Gasteiger partial charge in [0.05, 0.1) is 12.9 Å². The molecule has 10 nitrogen and oxygen atoms in total. The van der Waals surface area contributed by atoms with Gasteiger partial charge < -0.3 is 31.1 Å². The van der Waals surface area contributed by atoms with Gasteiger partial charge in [-0.3, -0.25) is 4.57 Å². The van der Waals surface area contributed by atoms with E-state index < -0.39 is 31.1 Å². The molecule has 1 fully saturated rings. The van der Waals surface area contributed by atoms with E-state index in [1.54, 1.807) is 0 Å². The number of nitrogens with one attached hydrogen (secondary N) is 1. The van der Waals surface area contributed by atoms with Crippen LogP contribution in [0.15, 0.2) is 54.9 Å². The molecule has 0 bridgehead atoms. The van der Waals surface area contributed by atoms with Gasteiger partial charge in [0.25, 0.3) is 0 Å². The predicted octanol–water partition coefficient (Wildman–Crippen LogP) is 2.57. The molecule has 2 unspecified atom stereocenters. The SMILES string of the molecule is Nc1nc(NCC(c2ccc(Cl)cc2)c2ccc(Cl)cc2)c2ncn([C@@H]3O[C@H](CO)C(O)C3O)c2n1. The van der Waals surface area contributed by atoms with Crippen LogP contribution in [0.3, 0.4) is 0 Å². The van der Waals surface area contributed by atoms with E-state index in [0.29, 0.717) is 33.6 Å². The molecule has 0 amide bonds. The van der Waals surface area contributed by atoms with Crippen molar-refractivity contribution in [2.75, 3.05) is 24.2 Å². The molecule has 2 aromatic carbocycles. The van der Waals surface area contributed by atoms with Gasteiger partial charge in [-0.1, -0.05) is 47.5 Å². The number of hydrogen-bond donors (Lipinski definition) is 5. The molecule has 188 valence electrons. The first-order valence-corrected chi connectivity index (χ1v) is 12.0. The lowest BCUT2D eigenvalue weighted by Crippen LogP contribution is -2.33. The zero-order chi connectivity index (χ0) is 25.4. The fourth-order valence-corrected chi connectivity index (χ4v) is 4.62. The van der Waals surface area contributed by atoms with Crippen LogP contribution in [0.4, 0.5) is 11.8 Å². The molecule has 0 radical (unpaired) electrons. The third-order valence-electron chi connectivity index (χ3n) is 6.25. The van der Waals surface area contributed by atoms with Gasteiger partial charge in [-0.2, -0.15) is 9.97 Å². The van der Waals surface area contributed by atoms with Crippen molar-refractivity contribution in [3.05, 3.63) is 76.0 Å². The second-order valence-electron chi connectivity index (χ2n) is 8.52. The van der Waals surface area contributed by atoms with E-state index in [-0.39, 0.29) is 11.9 Å². The minimum absolute atomic E-state index is 0.00645. The number of anilines is 2. The highest BCUT2D eigenvalue weighted by atomic mass is 35.5. The molecule has 0 saturated carbocycles. The molecule has 1 aliphatic rings. The van der Waals surface area contributed by atoms with Crippen LogP contribution in [0.5, 0.6) is 0 Å². The molecule has 2 aromatic heterocycles. The van der Waals surface area contributed by atoms with Crippen LogP contribution in [0.2, 0.25) is 10.0 Å². The molecular formula is C24H24Cl2N6O4. The summed E-state index contributed by atoms with van der Waals surface area (Å²) in [6, 6.07) is 15.2. The monoisotopic (exact) mass is 530 g/mol. The number of fused-ring (bicyclic) bond motifs is 1. The maximum atomic E-state index is 10.5. The van der Waals surface area contributed by atoms with Gasteiger partial charge in [0.1, 0.15) is 18.3 Å². The van der Waals surface area contributed by atoms with E-state index in [1.807, 2.05) is 48.5 Å². The lowest BCUT2D eigenvalue weighted by molar-refractivity contribution is -0.0511. The number of hydrogen-bond acceptors (Lipinski definition) is 9. The maximum absolute atomic E-state index is 10.5. The largest absolute Gasteiger partial charge is 0.394 e. The van der Waals surface area contributed by atoms with Gasteiger partial charge in [0.2, 0.25) is 5.95 Å². The van der Waals surface area contributed by atoms with E-state index in [9.17, 15) is 15.3 Å². The zero-order valence-corrected chi connectivity index (χ0v) is 20.4. The number of nitrogens with two attached hydrogens (primary N) is 1. The highest BCUT2D eigenvalue weighted by Crippen LogP contribution is 2.33. The van der Waals surface area contributed by atoms with E-state index in [0.717, 1.165) is 11.1 Å². The number of aliphatic hydroxyl groups excluding tert-OH is 3. The number of benzene rings is 2. The van der Waals surface area contributed by atoms with Crippen molar-refractivity contribution in [1.29, 1.82) is 0 Å². The number of nitrogens with zero attached hydrogens (tertiary/aromatic N) is 4. The highest BCUT2D eigenvalue weighted by Gasteiger charge is 2.44. The van der Waals surface area contributed by atoms with Crippen molar-refractivity contribution in [2.45, 2.75) is 30.5 Å². The molecule has 0 spiro atoms. The second-order valence-corrected chi connectivity index (χ2v) is 9.39. The van der Waals surface area contributed by atoms with Crippen LogP contribution in [0, 0.1) is 0 Å². The third kappa shape index (κ3) is 4.71. The van der Waals surface area contributed by atoms with Crippen LogP contribution in [0.1, 0.15) is 23.3 Å². The Balaban J connectivity index is 1.47. The van der Waals surface area contributed by atoms with Crippen molar-refractivity contribution in [2.24, 2.45) is 0 Å². The highest BCUT2D eigenvalue weighted by molar-refractivity contribution is 6.30. The summed E-state index contributed by atoms with van der Waals surface area (Å²) in [7, 11) is 0. The molecular weight excluding hydrogens is 507 g/mol. The van der Waals surface area contributed by atoms with Crippen molar-refractivity contribution in [1.82, 2.24) is 19.5 Å². The van der Waals surface area contributed by atoms with E-state index in [4.69, 9.17) is 33.7 Å². The van der Waals surface area contributed by atoms with Crippen LogP contribution >= 0.6 is 23.2 Å². The molecule has 6 N–H and O–H groups in total. The first kappa shape index (κ1) is 24.7. The third-order valence-corrected chi connectivity index (χ3v) is 6.75. The summed E-state index contributed by atoms with van der Waals surface area (Å²) >= 11 is 12.2. The average molecular weight is 531 g/mol. The molecule has 1 saturated heterocycles. The number of nitrogen functional groups attached to an aromatic ring is 1. The smallest absolute Gasteiger partial charge is 0.224 e. The summed E-state index contributed by atoms with van der Waals surface area (Å²) < 4.78 is 7.10. The Hall–Kier alpha value is -2.99. The van der Waals surface area contributed by atoms with Crippen molar-refractivity contribution < 1.29 is 20.1 Å². The Labute approximate surface area is 216 Å². The second kappa shape index (κ2) is 10.2. The van der Waals surface area contributed by atoms with Gasteiger partial charge in [-0.25, -0.2) is 4.98 Å². The normalized spacial score (nSPS) is 21.9. The van der Waals surface area contributed by atoms with Crippen molar-refractivity contribution in [3.8, 4) is 0 Å². The Morgan fingerprint density at radius 1 is 0.972 bits per heavy atom. The quantitative estimate of drug-likeness (QED) is 0.242. The van der Waals surface area contributed by atoms with Crippen molar-refractivity contribution >= 4 is 46.1 Å². The fourth-order valence-electron chi connectivity index (χ4n) is 4.37. The lowest BCUT2D eigenvalue weighted by atomic mass is 9.91.